The van der Waals surface area contributed by atoms with Gasteiger partial charge in [-0.25, -0.2) is 4.98 Å². The van der Waals surface area contributed by atoms with Gasteiger partial charge in [0.2, 0.25) is 23.6 Å². The lowest BCUT2D eigenvalue weighted by Crippen LogP contribution is -2.18. The maximum absolute atomic E-state index is 12.0. The molecule has 1 aromatic carbocycles. The van der Waals surface area contributed by atoms with E-state index in [0.717, 1.165) is 6.08 Å². The third-order valence-corrected chi connectivity index (χ3v) is 4.47. The summed E-state index contributed by atoms with van der Waals surface area (Å²) in [5.74, 6) is 0.660. The predicted molar refractivity (Wildman–Crippen MR) is 124 cm³/mol. The molecule has 0 aliphatic heterocycles. The standard InChI is InChI=1S/C23H19F3N6O4/c1-2-18(33)29-14-4-3-5-16(12-14)36-21-17-8-9-27-20(17)31-22(32-21)30-15-6-7-19(28-13-15)34-10-11-35-23(24,25)26/h2-9,12-13H,1,10-11H2,(H,29,33)(H2,27,30,31,32). The van der Waals surface area contributed by atoms with Crippen molar-refractivity contribution in [1.29, 1.82) is 0 Å². The van der Waals surface area contributed by atoms with E-state index in [9.17, 15) is 18.0 Å². The first kappa shape index (κ1) is 24.5. The number of alkyl halides is 3. The van der Waals surface area contributed by atoms with Crippen LogP contribution >= 0.6 is 0 Å². The van der Waals surface area contributed by atoms with E-state index in [2.05, 4.69) is 41.9 Å². The summed E-state index contributed by atoms with van der Waals surface area (Å²) in [5.41, 5.74) is 1.53. The summed E-state index contributed by atoms with van der Waals surface area (Å²) in [7, 11) is 0. The van der Waals surface area contributed by atoms with E-state index in [1.807, 2.05) is 0 Å². The second-order valence-electron chi connectivity index (χ2n) is 7.07. The van der Waals surface area contributed by atoms with Crippen LogP contribution in [0.1, 0.15) is 0 Å². The molecule has 3 aromatic heterocycles. The Kier molecular flexibility index (Phi) is 7.30. The second kappa shape index (κ2) is 10.7. The Hall–Kier alpha value is -4.65. The summed E-state index contributed by atoms with van der Waals surface area (Å²) >= 11 is 0. The van der Waals surface area contributed by atoms with Crippen molar-refractivity contribution in [1.82, 2.24) is 19.9 Å². The molecule has 0 spiro atoms. The lowest BCUT2D eigenvalue weighted by atomic mass is 10.3. The zero-order valence-corrected chi connectivity index (χ0v) is 18.5. The fourth-order valence-electron chi connectivity index (χ4n) is 2.96. The number of hydrogen-bond donors (Lipinski definition) is 3. The van der Waals surface area contributed by atoms with Gasteiger partial charge < -0.3 is 25.1 Å². The van der Waals surface area contributed by atoms with Crippen molar-refractivity contribution < 1.29 is 32.2 Å². The van der Waals surface area contributed by atoms with Crippen LogP contribution < -0.4 is 20.1 Å². The molecule has 0 aliphatic rings. The van der Waals surface area contributed by atoms with Gasteiger partial charge in [0, 0.05) is 24.0 Å². The Bertz CT molecular complexity index is 1360. The highest BCUT2D eigenvalue weighted by atomic mass is 19.4. The molecule has 0 radical (unpaired) electrons. The van der Waals surface area contributed by atoms with Crippen LogP contribution in [0.25, 0.3) is 11.0 Å². The van der Waals surface area contributed by atoms with Gasteiger partial charge in [-0.2, -0.15) is 9.97 Å². The van der Waals surface area contributed by atoms with Gasteiger partial charge in [-0.15, -0.1) is 13.2 Å². The molecule has 4 aromatic rings. The number of pyridine rings is 1. The number of fused-ring (bicyclic) bond motifs is 1. The molecule has 0 bridgehead atoms. The smallest absolute Gasteiger partial charge is 0.475 e. The number of halogens is 3. The summed E-state index contributed by atoms with van der Waals surface area (Å²) in [6.07, 6.45) is -0.450. The molecule has 186 valence electrons. The van der Waals surface area contributed by atoms with Gasteiger partial charge in [0.15, 0.2) is 0 Å². The van der Waals surface area contributed by atoms with Crippen molar-refractivity contribution in [3.05, 3.63) is 67.5 Å². The number of ether oxygens (including phenoxy) is 3. The topological polar surface area (TPSA) is 123 Å². The van der Waals surface area contributed by atoms with Gasteiger partial charge in [0.25, 0.3) is 0 Å². The zero-order valence-electron chi connectivity index (χ0n) is 18.5. The maximum atomic E-state index is 12.0. The summed E-state index contributed by atoms with van der Waals surface area (Å²) in [6.45, 7) is 2.46. The number of aromatic amines is 1. The fourth-order valence-corrected chi connectivity index (χ4v) is 2.96. The van der Waals surface area contributed by atoms with Crippen LogP contribution in [0.2, 0.25) is 0 Å². The van der Waals surface area contributed by atoms with Crippen molar-refractivity contribution in [3.63, 3.8) is 0 Å². The highest BCUT2D eigenvalue weighted by molar-refractivity contribution is 5.99. The van der Waals surface area contributed by atoms with Crippen molar-refractivity contribution in [2.24, 2.45) is 0 Å². The van der Waals surface area contributed by atoms with Crippen LogP contribution in [0.15, 0.2) is 67.5 Å². The van der Waals surface area contributed by atoms with Crippen molar-refractivity contribution in [2.45, 2.75) is 6.36 Å². The van der Waals surface area contributed by atoms with E-state index >= 15 is 0 Å². The number of carbonyl (C=O) groups is 1. The largest absolute Gasteiger partial charge is 0.522 e. The van der Waals surface area contributed by atoms with Crippen molar-refractivity contribution in [2.75, 3.05) is 23.8 Å². The Labute approximate surface area is 202 Å². The number of nitrogens with one attached hydrogen (secondary N) is 3. The van der Waals surface area contributed by atoms with Gasteiger partial charge in [-0.1, -0.05) is 12.6 Å². The minimum atomic E-state index is -4.71. The SMILES string of the molecule is C=CC(=O)Nc1cccc(Oc2nc(Nc3ccc(OCCOC(F)(F)F)nc3)nc3[nH]ccc23)c1. The van der Waals surface area contributed by atoms with E-state index in [0.29, 0.717) is 28.2 Å². The summed E-state index contributed by atoms with van der Waals surface area (Å²) < 4.78 is 50.7. The van der Waals surface area contributed by atoms with Crippen LogP contribution in [0, 0.1) is 0 Å². The molecular weight excluding hydrogens is 481 g/mol. The average Bonchev–Trinajstić information content (AvgIpc) is 3.31. The molecule has 3 N–H and O–H groups in total. The number of H-pyrrole nitrogens is 1. The first-order valence-corrected chi connectivity index (χ1v) is 10.4. The number of carbonyl (C=O) groups excluding carboxylic acids is 1. The molecule has 0 fully saturated rings. The number of aromatic nitrogens is 4. The third kappa shape index (κ3) is 6.70. The number of anilines is 3. The lowest BCUT2D eigenvalue weighted by Gasteiger charge is -2.11. The van der Waals surface area contributed by atoms with E-state index in [1.54, 1.807) is 42.6 Å². The lowest BCUT2D eigenvalue weighted by molar-refractivity contribution is -0.325. The molecule has 1 amide bonds. The minimum absolute atomic E-state index is 0.125. The van der Waals surface area contributed by atoms with Crippen molar-refractivity contribution >= 4 is 34.3 Å². The highest BCUT2D eigenvalue weighted by Crippen LogP contribution is 2.30. The van der Waals surface area contributed by atoms with Gasteiger partial charge in [0.05, 0.1) is 23.9 Å². The normalized spacial score (nSPS) is 11.2. The molecule has 0 unspecified atom stereocenters. The average molecular weight is 500 g/mol. The van der Waals surface area contributed by atoms with Crippen molar-refractivity contribution in [3.8, 4) is 17.5 Å². The van der Waals surface area contributed by atoms with Gasteiger partial charge in [0.1, 0.15) is 18.0 Å². The highest BCUT2D eigenvalue weighted by Gasteiger charge is 2.28. The molecule has 0 saturated heterocycles. The molecule has 10 nitrogen and oxygen atoms in total. The third-order valence-electron chi connectivity index (χ3n) is 4.47. The molecule has 3 heterocycles. The van der Waals surface area contributed by atoms with E-state index < -0.39 is 13.0 Å². The first-order valence-electron chi connectivity index (χ1n) is 10.4. The van der Waals surface area contributed by atoms with Crippen LogP contribution in [-0.2, 0) is 9.53 Å². The van der Waals surface area contributed by atoms with Crippen LogP contribution in [0.4, 0.5) is 30.5 Å². The maximum Gasteiger partial charge on any atom is 0.522 e. The van der Waals surface area contributed by atoms with Crippen LogP contribution in [0.3, 0.4) is 0 Å². The van der Waals surface area contributed by atoms with E-state index in [1.165, 1.54) is 12.3 Å². The van der Waals surface area contributed by atoms with Gasteiger partial charge >= 0.3 is 6.36 Å². The zero-order chi connectivity index (χ0) is 25.5. The van der Waals surface area contributed by atoms with Crippen LogP contribution in [-0.4, -0.2) is 45.4 Å². The number of rotatable bonds is 10. The Balaban J connectivity index is 1.45. The first-order chi connectivity index (χ1) is 17.3. The molecule has 13 heteroatoms. The summed E-state index contributed by atoms with van der Waals surface area (Å²) in [6, 6.07) is 11.6. The summed E-state index contributed by atoms with van der Waals surface area (Å²) in [4.78, 5) is 27.4. The molecular formula is C23H19F3N6O4. The second-order valence-corrected chi connectivity index (χ2v) is 7.07. The van der Waals surface area contributed by atoms with Crippen LogP contribution in [0.5, 0.6) is 17.5 Å². The molecule has 36 heavy (non-hydrogen) atoms. The Morgan fingerprint density at radius 2 is 1.97 bits per heavy atom. The quantitative estimate of drug-likeness (QED) is 0.207. The minimum Gasteiger partial charge on any atom is -0.475 e. The van der Waals surface area contributed by atoms with Gasteiger partial charge in [-0.05, 0) is 30.3 Å². The Morgan fingerprint density at radius 3 is 2.72 bits per heavy atom. The monoisotopic (exact) mass is 500 g/mol. The number of benzene rings is 1. The number of hydrogen-bond acceptors (Lipinski definition) is 8. The number of nitrogens with zero attached hydrogens (tertiary/aromatic N) is 3. The number of amides is 1. The van der Waals surface area contributed by atoms with E-state index in [-0.39, 0.29) is 30.2 Å². The molecule has 0 aliphatic carbocycles. The molecule has 4 rings (SSSR count). The molecule has 0 saturated carbocycles. The predicted octanol–water partition coefficient (Wildman–Crippen LogP) is 4.93. The Morgan fingerprint density at radius 1 is 1.11 bits per heavy atom. The molecule has 0 atom stereocenters. The van der Waals surface area contributed by atoms with Gasteiger partial charge in [-0.3, -0.25) is 9.53 Å². The summed E-state index contributed by atoms with van der Waals surface area (Å²) in [5, 5.41) is 6.28. The van der Waals surface area contributed by atoms with E-state index in [4.69, 9.17) is 9.47 Å². The fraction of sp³-hybridized carbons (Fsp3) is 0.130.